The average molecular weight is 519 g/mol. The lowest BCUT2D eigenvalue weighted by molar-refractivity contribution is -0.120. The van der Waals surface area contributed by atoms with Gasteiger partial charge in [0.05, 0.1) is 41.7 Å². The predicted octanol–water partition coefficient (Wildman–Crippen LogP) is 2.79. The number of likely N-dealkylation sites (tertiary alicyclic amines) is 1. The third-order valence-corrected chi connectivity index (χ3v) is 8.09. The van der Waals surface area contributed by atoms with Gasteiger partial charge in [-0.05, 0) is 44.6 Å². The minimum absolute atomic E-state index is 0.0903. The number of hydrogen-bond donors (Lipinski definition) is 1. The van der Waals surface area contributed by atoms with Crippen LogP contribution in [-0.4, -0.2) is 83.1 Å². The SMILES string of the molecule is CNC(=O)CCN(C=O)c1cncc2c1ccn2C1CCN(CC2CCN(c3cnc(C)cn3)CC2)CC1. The molecule has 2 fully saturated rings. The minimum atomic E-state index is -0.0903. The van der Waals surface area contributed by atoms with Crippen molar-refractivity contribution < 1.29 is 9.59 Å². The third-order valence-electron chi connectivity index (χ3n) is 8.09. The summed E-state index contributed by atoms with van der Waals surface area (Å²) >= 11 is 0. The highest BCUT2D eigenvalue weighted by molar-refractivity contribution is 5.97. The lowest BCUT2D eigenvalue weighted by atomic mass is 9.94. The van der Waals surface area contributed by atoms with E-state index in [9.17, 15) is 9.59 Å². The van der Waals surface area contributed by atoms with Gasteiger partial charge < -0.3 is 24.6 Å². The summed E-state index contributed by atoms with van der Waals surface area (Å²) in [4.78, 5) is 43.4. The first-order chi connectivity index (χ1) is 18.6. The van der Waals surface area contributed by atoms with Crippen LogP contribution in [0.1, 0.15) is 43.8 Å². The third kappa shape index (κ3) is 5.80. The van der Waals surface area contributed by atoms with Crippen LogP contribution in [0.25, 0.3) is 10.9 Å². The van der Waals surface area contributed by atoms with Crippen molar-refractivity contribution >= 4 is 34.7 Å². The molecule has 1 N–H and O–H groups in total. The fraction of sp³-hybridized carbons (Fsp3) is 0.536. The zero-order valence-electron chi connectivity index (χ0n) is 22.4. The molecule has 0 bridgehead atoms. The number of hydrogen-bond acceptors (Lipinski definition) is 7. The zero-order valence-corrected chi connectivity index (χ0v) is 22.4. The number of aromatic nitrogens is 4. The Labute approximate surface area is 224 Å². The first-order valence-electron chi connectivity index (χ1n) is 13.7. The zero-order chi connectivity index (χ0) is 26.5. The number of aryl methyl sites for hydroxylation is 1. The number of carbonyl (C=O) groups excluding carboxylic acids is 2. The first kappa shape index (κ1) is 26.1. The lowest BCUT2D eigenvalue weighted by Gasteiger charge is -2.38. The largest absolute Gasteiger partial charge is 0.359 e. The van der Waals surface area contributed by atoms with Gasteiger partial charge in [-0.15, -0.1) is 0 Å². The summed E-state index contributed by atoms with van der Waals surface area (Å²) in [6.45, 7) is 7.73. The van der Waals surface area contributed by atoms with Gasteiger partial charge in [0.2, 0.25) is 12.3 Å². The summed E-state index contributed by atoms with van der Waals surface area (Å²) in [5.41, 5.74) is 2.75. The van der Waals surface area contributed by atoms with E-state index in [-0.39, 0.29) is 12.3 Å². The van der Waals surface area contributed by atoms with Gasteiger partial charge in [0, 0.05) is 70.4 Å². The van der Waals surface area contributed by atoms with E-state index in [0.717, 1.165) is 86.0 Å². The summed E-state index contributed by atoms with van der Waals surface area (Å²) < 4.78 is 2.33. The van der Waals surface area contributed by atoms with Gasteiger partial charge in [-0.3, -0.25) is 19.6 Å². The molecule has 0 aromatic carbocycles. The van der Waals surface area contributed by atoms with Gasteiger partial charge in [-0.25, -0.2) is 4.98 Å². The number of amides is 2. The topological polar surface area (TPSA) is 99.5 Å². The molecule has 3 aromatic rings. The molecule has 0 saturated carbocycles. The van der Waals surface area contributed by atoms with Crippen LogP contribution in [0, 0.1) is 12.8 Å². The summed E-state index contributed by atoms with van der Waals surface area (Å²) in [6.07, 6.45) is 15.1. The molecule has 10 heteroatoms. The lowest BCUT2D eigenvalue weighted by Crippen LogP contribution is -2.42. The molecular formula is C28H38N8O2. The molecule has 5 heterocycles. The highest BCUT2D eigenvalue weighted by atomic mass is 16.2. The number of nitrogens with zero attached hydrogens (tertiary/aromatic N) is 7. The summed E-state index contributed by atoms with van der Waals surface area (Å²) in [5, 5.41) is 3.60. The maximum Gasteiger partial charge on any atom is 0.221 e. The van der Waals surface area contributed by atoms with Gasteiger partial charge in [0.15, 0.2) is 0 Å². The van der Waals surface area contributed by atoms with Crippen molar-refractivity contribution in [1.29, 1.82) is 0 Å². The molecule has 0 aliphatic carbocycles. The monoisotopic (exact) mass is 518 g/mol. The van der Waals surface area contributed by atoms with Crippen molar-refractivity contribution in [2.75, 3.05) is 56.1 Å². The highest BCUT2D eigenvalue weighted by Crippen LogP contribution is 2.32. The number of pyridine rings is 1. The molecule has 0 unspecified atom stereocenters. The molecule has 0 radical (unpaired) electrons. The van der Waals surface area contributed by atoms with E-state index in [2.05, 4.69) is 46.9 Å². The normalized spacial score (nSPS) is 17.6. The molecule has 2 amide bonds. The number of carbonyl (C=O) groups is 2. The van der Waals surface area contributed by atoms with E-state index >= 15 is 0 Å². The Balaban J connectivity index is 1.15. The van der Waals surface area contributed by atoms with Crippen molar-refractivity contribution in [3.63, 3.8) is 0 Å². The second-order valence-corrected chi connectivity index (χ2v) is 10.5. The molecule has 0 atom stereocenters. The van der Waals surface area contributed by atoms with Gasteiger partial charge in [-0.1, -0.05) is 0 Å². The van der Waals surface area contributed by atoms with Crippen LogP contribution in [0.15, 0.2) is 37.1 Å². The van der Waals surface area contributed by atoms with Crippen LogP contribution < -0.4 is 15.1 Å². The molecular weight excluding hydrogens is 480 g/mol. The van der Waals surface area contributed by atoms with Crippen LogP contribution in [0.4, 0.5) is 11.5 Å². The second-order valence-electron chi connectivity index (χ2n) is 10.5. The molecule has 38 heavy (non-hydrogen) atoms. The van der Waals surface area contributed by atoms with Gasteiger partial charge in [0.25, 0.3) is 0 Å². The Hall–Kier alpha value is -3.53. The van der Waals surface area contributed by atoms with Crippen LogP contribution in [0.3, 0.4) is 0 Å². The number of piperidine rings is 2. The van der Waals surface area contributed by atoms with Crippen molar-refractivity contribution in [3.05, 3.63) is 42.7 Å². The number of fused-ring (bicyclic) bond motifs is 1. The van der Waals surface area contributed by atoms with Crippen LogP contribution in [-0.2, 0) is 9.59 Å². The van der Waals surface area contributed by atoms with Crippen LogP contribution in [0.5, 0.6) is 0 Å². The summed E-state index contributed by atoms with van der Waals surface area (Å²) in [7, 11) is 1.60. The van der Waals surface area contributed by atoms with Gasteiger partial charge in [-0.2, -0.15) is 0 Å². The van der Waals surface area contributed by atoms with Gasteiger partial charge >= 0.3 is 0 Å². The second kappa shape index (κ2) is 11.9. The summed E-state index contributed by atoms with van der Waals surface area (Å²) in [6, 6.07) is 2.49. The Kier molecular flexibility index (Phi) is 8.17. The number of rotatable bonds is 9. The average Bonchev–Trinajstić information content (AvgIpc) is 3.39. The van der Waals surface area contributed by atoms with E-state index < -0.39 is 0 Å². The maximum absolute atomic E-state index is 11.8. The van der Waals surface area contributed by atoms with Crippen molar-refractivity contribution in [2.24, 2.45) is 5.92 Å². The Morgan fingerprint density at radius 3 is 2.55 bits per heavy atom. The van der Waals surface area contributed by atoms with Crippen molar-refractivity contribution in [2.45, 2.75) is 45.1 Å². The Morgan fingerprint density at radius 1 is 1.08 bits per heavy atom. The fourth-order valence-corrected chi connectivity index (χ4v) is 5.82. The van der Waals surface area contributed by atoms with Crippen molar-refractivity contribution in [1.82, 2.24) is 29.7 Å². The van der Waals surface area contributed by atoms with E-state index in [1.165, 1.54) is 12.8 Å². The molecule has 10 nitrogen and oxygen atoms in total. The molecule has 5 rings (SSSR count). The van der Waals surface area contributed by atoms with E-state index in [4.69, 9.17) is 0 Å². The fourth-order valence-electron chi connectivity index (χ4n) is 5.82. The van der Waals surface area contributed by atoms with Crippen LogP contribution >= 0.6 is 0 Å². The quantitative estimate of drug-likeness (QED) is 0.435. The Morgan fingerprint density at radius 2 is 1.87 bits per heavy atom. The standard InChI is InChI=1S/C28H38N8O2/c1-21-15-32-27(18-31-21)34-11-3-22(4-12-34)19-33-9-5-23(6-10-33)36-14-7-24-25(16-30-17-26(24)36)35(20-37)13-8-28(38)29-2/h7,14-18,20,22-23H,3-6,8-13,19H2,1-2H3,(H,29,38). The van der Waals surface area contributed by atoms with E-state index in [1.807, 2.05) is 25.5 Å². The highest BCUT2D eigenvalue weighted by Gasteiger charge is 2.26. The predicted molar refractivity (Wildman–Crippen MR) is 148 cm³/mol. The smallest absolute Gasteiger partial charge is 0.221 e. The Bertz CT molecular complexity index is 1230. The molecule has 2 aliphatic heterocycles. The van der Waals surface area contributed by atoms with Gasteiger partial charge in [0.1, 0.15) is 5.82 Å². The van der Waals surface area contributed by atoms with Crippen molar-refractivity contribution in [3.8, 4) is 0 Å². The molecule has 3 aromatic heterocycles. The van der Waals surface area contributed by atoms with E-state index in [1.54, 1.807) is 18.1 Å². The number of anilines is 2. The van der Waals surface area contributed by atoms with E-state index in [0.29, 0.717) is 12.6 Å². The maximum atomic E-state index is 11.8. The van der Waals surface area contributed by atoms with Crippen LogP contribution in [0.2, 0.25) is 0 Å². The molecule has 2 aliphatic rings. The minimum Gasteiger partial charge on any atom is -0.359 e. The number of nitrogens with one attached hydrogen (secondary N) is 1. The summed E-state index contributed by atoms with van der Waals surface area (Å²) in [5.74, 6) is 1.63. The molecule has 2 saturated heterocycles. The molecule has 202 valence electrons. The molecule has 0 spiro atoms. The first-order valence-corrected chi connectivity index (χ1v) is 13.7.